The summed E-state index contributed by atoms with van der Waals surface area (Å²) >= 11 is 0. The molecule has 2 unspecified atom stereocenters. The fraction of sp³-hybridized carbons (Fsp3) is 1.00. The highest BCUT2D eigenvalue weighted by molar-refractivity contribution is 4.72. The smallest absolute Gasteiger partial charge is 0.167 e. The Balaban J connectivity index is 0. The van der Waals surface area contributed by atoms with Gasteiger partial charge in [-0.15, -0.1) is 0 Å². The molecule has 208 valence electrons. The van der Waals surface area contributed by atoms with Gasteiger partial charge in [0.1, 0.15) is 0 Å². The van der Waals surface area contributed by atoms with Gasteiger partial charge in [-0.05, 0) is 40.5 Å². The minimum absolute atomic E-state index is 0.396. The Morgan fingerprint density at radius 2 is 0.824 bits per heavy atom. The second kappa shape index (κ2) is 23.3. The number of rotatable bonds is 22. The summed E-state index contributed by atoms with van der Waals surface area (Å²) in [5.74, 6) is 0.105. The molecule has 0 aromatic carbocycles. The topological polar surface area (TPSA) is 36.9 Å². The predicted octanol–water partition coefficient (Wildman–Crippen LogP) is 9.54. The van der Waals surface area contributed by atoms with Crippen LogP contribution in [0.25, 0.3) is 0 Å². The number of methoxy groups -OCH3 is 2. The molecule has 0 aliphatic heterocycles. The van der Waals surface area contributed by atoms with Crippen LogP contribution >= 0.6 is 0 Å². The number of hydrogen-bond donors (Lipinski definition) is 0. The van der Waals surface area contributed by atoms with Gasteiger partial charge in [-0.25, -0.2) is 0 Å². The summed E-state index contributed by atoms with van der Waals surface area (Å²) < 4.78 is 22.5. The molecule has 0 amide bonds. The largest absolute Gasteiger partial charge is 0.353 e. The molecule has 0 N–H and O–H groups in total. The van der Waals surface area contributed by atoms with E-state index >= 15 is 0 Å². The van der Waals surface area contributed by atoms with Crippen molar-refractivity contribution in [3.8, 4) is 0 Å². The van der Waals surface area contributed by atoms with Gasteiger partial charge in [0.05, 0.1) is 0 Å². The summed E-state index contributed by atoms with van der Waals surface area (Å²) in [5, 5.41) is 0. The Morgan fingerprint density at radius 3 is 1.15 bits per heavy atom. The van der Waals surface area contributed by atoms with Crippen molar-refractivity contribution in [1.82, 2.24) is 0 Å². The monoisotopic (exact) mass is 488 g/mol. The van der Waals surface area contributed by atoms with Gasteiger partial charge >= 0.3 is 0 Å². The Hall–Kier alpha value is -0.160. The molecule has 0 bridgehead atoms. The van der Waals surface area contributed by atoms with E-state index in [2.05, 4.69) is 34.6 Å². The summed E-state index contributed by atoms with van der Waals surface area (Å²) in [4.78, 5) is 0. The summed E-state index contributed by atoms with van der Waals surface area (Å²) in [6, 6.07) is 0. The third-order valence-corrected chi connectivity index (χ3v) is 7.44. The van der Waals surface area contributed by atoms with Crippen LogP contribution in [0.5, 0.6) is 0 Å². The molecule has 0 aromatic heterocycles. The molecule has 0 aliphatic carbocycles. The van der Waals surface area contributed by atoms with Crippen molar-refractivity contribution in [2.45, 2.75) is 157 Å². The first-order valence-corrected chi connectivity index (χ1v) is 14.6. The zero-order valence-corrected chi connectivity index (χ0v) is 25.1. The summed E-state index contributed by atoms with van der Waals surface area (Å²) in [6.45, 7) is 18.6. The van der Waals surface area contributed by atoms with Crippen molar-refractivity contribution in [2.75, 3.05) is 27.4 Å². The van der Waals surface area contributed by atoms with Crippen molar-refractivity contribution in [3.05, 3.63) is 0 Å². The molecule has 0 aliphatic rings. The van der Waals surface area contributed by atoms with Crippen LogP contribution in [-0.2, 0) is 18.9 Å². The average Bonchev–Trinajstić information content (AvgIpc) is 2.83. The zero-order chi connectivity index (χ0) is 26.3. The normalized spacial score (nSPS) is 13.9. The molecular formula is C30H64O4. The van der Waals surface area contributed by atoms with Gasteiger partial charge in [-0.1, -0.05) is 105 Å². The lowest BCUT2D eigenvalue weighted by Crippen LogP contribution is -2.39. The number of unbranched alkanes of at least 4 members (excludes halogenated alkanes) is 10. The van der Waals surface area contributed by atoms with Crippen LogP contribution in [0.15, 0.2) is 0 Å². The molecule has 2 atom stereocenters. The predicted molar refractivity (Wildman–Crippen MR) is 148 cm³/mol. The Kier molecular flexibility index (Phi) is 24.6. The van der Waals surface area contributed by atoms with Gasteiger partial charge in [-0.2, -0.15) is 0 Å². The van der Waals surface area contributed by atoms with Crippen LogP contribution in [0.4, 0.5) is 0 Å². The first kappa shape index (κ1) is 36.0. The molecular weight excluding hydrogens is 424 g/mol. The zero-order valence-electron chi connectivity index (χ0n) is 25.1. The van der Waals surface area contributed by atoms with E-state index in [0.29, 0.717) is 11.8 Å². The molecule has 0 heterocycles. The van der Waals surface area contributed by atoms with Gasteiger partial charge in [-0.3, -0.25) is 0 Å². The Bertz CT molecular complexity index is 403. The molecule has 0 saturated carbocycles. The fourth-order valence-electron chi connectivity index (χ4n) is 4.37. The van der Waals surface area contributed by atoms with Crippen molar-refractivity contribution in [1.29, 1.82) is 0 Å². The molecule has 0 saturated heterocycles. The van der Waals surface area contributed by atoms with Crippen LogP contribution in [0.3, 0.4) is 0 Å². The van der Waals surface area contributed by atoms with Crippen molar-refractivity contribution >= 4 is 0 Å². The molecule has 0 rings (SSSR count). The van der Waals surface area contributed by atoms with Crippen molar-refractivity contribution < 1.29 is 18.9 Å². The van der Waals surface area contributed by atoms with Crippen LogP contribution < -0.4 is 0 Å². The quantitative estimate of drug-likeness (QED) is 0.112. The lowest BCUT2D eigenvalue weighted by atomic mass is 9.94. The molecule has 4 heteroatoms. The molecule has 0 fully saturated rings. The van der Waals surface area contributed by atoms with Crippen LogP contribution in [-0.4, -0.2) is 39.0 Å². The highest BCUT2D eigenvalue weighted by atomic mass is 16.7. The van der Waals surface area contributed by atoms with Gasteiger partial charge < -0.3 is 18.9 Å². The van der Waals surface area contributed by atoms with E-state index in [-0.39, 0.29) is 0 Å². The van der Waals surface area contributed by atoms with Gasteiger partial charge in [0.25, 0.3) is 0 Å². The minimum atomic E-state index is -0.413. The van der Waals surface area contributed by atoms with Crippen LogP contribution in [0.1, 0.15) is 145 Å². The van der Waals surface area contributed by atoms with E-state index in [1.807, 2.05) is 20.8 Å². The van der Waals surface area contributed by atoms with E-state index < -0.39 is 11.6 Å². The summed E-state index contributed by atoms with van der Waals surface area (Å²) in [7, 11) is 3.45. The second-order valence-electron chi connectivity index (χ2n) is 10.2. The average molecular weight is 489 g/mol. The molecule has 34 heavy (non-hydrogen) atoms. The van der Waals surface area contributed by atoms with E-state index in [1.54, 1.807) is 14.2 Å². The molecule has 0 radical (unpaired) electrons. The highest BCUT2D eigenvalue weighted by Gasteiger charge is 2.32. The van der Waals surface area contributed by atoms with Crippen LogP contribution in [0, 0.1) is 11.8 Å². The Labute approximate surface area is 215 Å². The van der Waals surface area contributed by atoms with E-state index in [1.165, 1.54) is 89.9 Å². The van der Waals surface area contributed by atoms with Gasteiger partial charge in [0.15, 0.2) is 11.6 Å². The molecule has 0 aromatic rings. The summed E-state index contributed by atoms with van der Waals surface area (Å²) in [5.41, 5.74) is 0. The van der Waals surface area contributed by atoms with Crippen LogP contribution in [0.2, 0.25) is 0 Å². The van der Waals surface area contributed by atoms with Gasteiger partial charge in [0, 0.05) is 39.3 Å². The highest BCUT2D eigenvalue weighted by Crippen LogP contribution is 2.28. The third-order valence-electron chi connectivity index (χ3n) is 7.44. The lowest BCUT2D eigenvalue weighted by molar-refractivity contribution is -0.249. The maximum absolute atomic E-state index is 5.81. The maximum atomic E-state index is 5.81. The SMILES string of the molecule is CCCCCCCCC(C)C(C)(OC)OC.CCCCCCCCC(C)C(C)(OCC)OCC. The summed E-state index contributed by atoms with van der Waals surface area (Å²) in [6.07, 6.45) is 18.6. The van der Waals surface area contributed by atoms with E-state index in [4.69, 9.17) is 18.9 Å². The Morgan fingerprint density at radius 1 is 0.500 bits per heavy atom. The molecule has 4 nitrogen and oxygen atoms in total. The number of hydrogen-bond acceptors (Lipinski definition) is 4. The standard InChI is InChI=1S/C16H34O2.C14H30O2/c1-6-9-10-11-12-13-14-15(4)16(5,17-7-2)18-8-3;1-6-7-8-9-10-11-12-13(2)14(3,15-4)16-5/h15H,6-14H2,1-5H3;13H,6-12H2,1-5H3. The first-order valence-electron chi connectivity index (χ1n) is 14.6. The van der Waals surface area contributed by atoms with E-state index in [0.717, 1.165) is 13.2 Å². The van der Waals surface area contributed by atoms with E-state index in [9.17, 15) is 0 Å². The maximum Gasteiger partial charge on any atom is 0.167 e. The second-order valence-corrected chi connectivity index (χ2v) is 10.2. The van der Waals surface area contributed by atoms with Crippen molar-refractivity contribution in [2.24, 2.45) is 11.8 Å². The lowest BCUT2D eigenvalue weighted by Gasteiger charge is -2.35. The first-order chi connectivity index (χ1) is 16.2. The minimum Gasteiger partial charge on any atom is -0.353 e. The van der Waals surface area contributed by atoms with Gasteiger partial charge in [0.2, 0.25) is 0 Å². The molecule has 0 spiro atoms. The number of ether oxygens (including phenoxy) is 4. The third kappa shape index (κ3) is 17.3. The fourth-order valence-corrected chi connectivity index (χ4v) is 4.37. The van der Waals surface area contributed by atoms with Crippen molar-refractivity contribution in [3.63, 3.8) is 0 Å².